The Hall–Kier alpha value is -3.08. The van der Waals surface area contributed by atoms with E-state index in [4.69, 9.17) is 9.07 Å². The molecule has 0 unspecified atom stereocenters. The molecule has 0 atom stereocenters. The second-order valence-electron chi connectivity index (χ2n) is 9.54. The Kier molecular flexibility index (Phi) is 4.88. The van der Waals surface area contributed by atoms with E-state index < -0.39 is 11.2 Å². The van der Waals surface area contributed by atoms with E-state index in [0.717, 1.165) is 43.9 Å². The molecule has 0 radical (unpaired) electrons. The standard InChI is InChI=1S/C28H27BO3/c1-27(2,30)28(3,4)32-29-21-16-22(18-10-6-5-7-11-18)26-23-14-19-12-8-9-13-20(19)15-24(23)31-25(26)17-21/h5-17,29-30H,1-4H3. The zero-order valence-electron chi connectivity index (χ0n) is 19.0. The summed E-state index contributed by atoms with van der Waals surface area (Å²) in [6, 6.07) is 27.3. The molecule has 1 heterocycles. The molecule has 0 aliphatic carbocycles. The molecular formula is C28H27BO3. The maximum absolute atomic E-state index is 10.5. The number of aliphatic hydroxyl groups is 1. The van der Waals surface area contributed by atoms with Gasteiger partial charge in [0.2, 0.25) is 0 Å². The number of furan rings is 1. The first-order valence-electron chi connectivity index (χ1n) is 11.0. The van der Waals surface area contributed by atoms with Gasteiger partial charge in [-0.05, 0) is 73.3 Å². The molecule has 0 bridgehead atoms. The van der Waals surface area contributed by atoms with Crippen molar-refractivity contribution in [1.82, 2.24) is 0 Å². The summed E-state index contributed by atoms with van der Waals surface area (Å²) in [5.41, 5.74) is 3.34. The van der Waals surface area contributed by atoms with Gasteiger partial charge in [0.15, 0.2) is 0 Å². The molecule has 0 saturated carbocycles. The molecule has 32 heavy (non-hydrogen) atoms. The smallest absolute Gasteiger partial charge is 0.309 e. The maximum atomic E-state index is 10.5. The molecule has 4 heteroatoms. The highest BCUT2D eigenvalue weighted by Crippen LogP contribution is 2.38. The minimum Gasteiger partial charge on any atom is -0.456 e. The van der Waals surface area contributed by atoms with Gasteiger partial charge in [0.05, 0.1) is 11.2 Å². The normalized spacial score (nSPS) is 12.7. The number of benzene rings is 4. The largest absolute Gasteiger partial charge is 0.456 e. The summed E-state index contributed by atoms with van der Waals surface area (Å²) in [6.45, 7) is 7.37. The van der Waals surface area contributed by atoms with Crippen molar-refractivity contribution in [1.29, 1.82) is 0 Å². The van der Waals surface area contributed by atoms with E-state index in [1.807, 2.05) is 26.0 Å². The van der Waals surface area contributed by atoms with Crippen molar-refractivity contribution in [3.63, 3.8) is 0 Å². The summed E-state index contributed by atoms with van der Waals surface area (Å²) < 4.78 is 12.5. The molecule has 3 nitrogen and oxygen atoms in total. The highest BCUT2D eigenvalue weighted by molar-refractivity contribution is 6.48. The van der Waals surface area contributed by atoms with Crippen LogP contribution >= 0.6 is 0 Å². The lowest BCUT2D eigenvalue weighted by atomic mass is 9.81. The Labute approximate surface area is 188 Å². The summed E-state index contributed by atoms with van der Waals surface area (Å²) in [5, 5.41) is 15.1. The summed E-state index contributed by atoms with van der Waals surface area (Å²) in [6.07, 6.45) is 0. The lowest BCUT2D eigenvalue weighted by molar-refractivity contribution is -0.0893. The molecular weight excluding hydrogens is 395 g/mol. The SMILES string of the molecule is CC(C)(O)C(C)(C)OBc1cc(-c2ccccc2)c2c(c1)oc1cc3ccccc3cc12. The highest BCUT2D eigenvalue weighted by atomic mass is 16.5. The lowest BCUT2D eigenvalue weighted by Gasteiger charge is -2.37. The van der Waals surface area contributed by atoms with E-state index in [1.165, 1.54) is 5.39 Å². The molecule has 5 rings (SSSR count). The van der Waals surface area contributed by atoms with Crippen LogP contribution in [0.4, 0.5) is 0 Å². The van der Waals surface area contributed by atoms with Crippen LogP contribution in [0.5, 0.6) is 0 Å². The van der Waals surface area contributed by atoms with Crippen molar-refractivity contribution < 1.29 is 14.2 Å². The van der Waals surface area contributed by atoms with Crippen LogP contribution in [0.3, 0.4) is 0 Å². The van der Waals surface area contributed by atoms with Gasteiger partial charge >= 0.3 is 7.48 Å². The Balaban J connectivity index is 1.71. The third-order valence-electron chi connectivity index (χ3n) is 6.66. The van der Waals surface area contributed by atoms with Gasteiger partial charge in [-0.25, -0.2) is 0 Å². The average Bonchev–Trinajstić information content (AvgIpc) is 3.12. The molecule has 160 valence electrons. The highest BCUT2D eigenvalue weighted by Gasteiger charge is 2.35. The van der Waals surface area contributed by atoms with E-state index >= 15 is 0 Å². The monoisotopic (exact) mass is 422 g/mol. The molecule has 0 amide bonds. The second kappa shape index (κ2) is 7.51. The van der Waals surface area contributed by atoms with E-state index in [1.54, 1.807) is 13.8 Å². The lowest BCUT2D eigenvalue weighted by Crippen LogP contribution is -2.49. The second-order valence-corrected chi connectivity index (χ2v) is 9.54. The van der Waals surface area contributed by atoms with Crippen molar-refractivity contribution in [3.05, 3.63) is 78.9 Å². The van der Waals surface area contributed by atoms with Crippen molar-refractivity contribution in [2.45, 2.75) is 38.9 Å². The molecule has 5 aromatic rings. The van der Waals surface area contributed by atoms with Gasteiger partial charge in [-0.2, -0.15) is 0 Å². The fraction of sp³-hybridized carbons (Fsp3) is 0.214. The van der Waals surface area contributed by atoms with Crippen molar-refractivity contribution in [2.75, 3.05) is 0 Å². The van der Waals surface area contributed by atoms with E-state index in [2.05, 4.69) is 66.7 Å². The van der Waals surface area contributed by atoms with Crippen molar-refractivity contribution >= 4 is 45.7 Å². The number of hydrogen-bond acceptors (Lipinski definition) is 3. The third kappa shape index (κ3) is 3.60. The molecule has 0 aliphatic rings. The summed E-state index contributed by atoms with van der Waals surface area (Å²) in [4.78, 5) is 0. The van der Waals surface area contributed by atoms with Crippen LogP contribution in [-0.4, -0.2) is 23.8 Å². The Morgan fingerprint density at radius 1 is 0.781 bits per heavy atom. The Bertz CT molecular complexity index is 1430. The number of hydrogen-bond donors (Lipinski definition) is 1. The van der Waals surface area contributed by atoms with Crippen LogP contribution in [0.15, 0.2) is 83.3 Å². The molecule has 4 aromatic carbocycles. The minimum atomic E-state index is -0.959. The van der Waals surface area contributed by atoms with E-state index in [0.29, 0.717) is 7.48 Å². The summed E-state index contributed by atoms with van der Waals surface area (Å²) in [5.74, 6) is 0. The van der Waals surface area contributed by atoms with Gasteiger partial charge in [0, 0.05) is 10.8 Å². The Morgan fingerprint density at radius 3 is 2.12 bits per heavy atom. The number of rotatable bonds is 5. The van der Waals surface area contributed by atoms with Gasteiger partial charge in [-0.3, -0.25) is 0 Å². The molecule has 0 fully saturated rings. The fourth-order valence-corrected chi connectivity index (χ4v) is 4.02. The molecule has 1 N–H and O–H groups in total. The van der Waals surface area contributed by atoms with Gasteiger partial charge < -0.3 is 14.2 Å². The van der Waals surface area contributed by atoms with Crippen LogP contribution in [0, 0.1) is 0 Å². The fourth-order valence-electron chi connectivity index (χ4n) is 4.02. The number of fused-ring (bicyclic) bond motifs is 4. The average molecular weight is 422 g/mol. The quantitative estimate of drug-likeness (QED) is 0.356. The zero-order chi connectivity index (χ0) is 22.5. The van der Waals surface area contributed by atoms with Crippen LogP contribution in [0.1, 0.15) is 27.7 Å². The summed E-state index contributed by atoms with van der Waals surface area (Å²) >= 11 is 0. The first kappa shape index (κ1) is 20.8. The predicted molar refractivity (Wildman–Crippen MR) is 135 cm³/mol. The van der Waals surface area contributed by atoms with Crippen LogP contribution < -0.4 is 5.46 Å². The first-order valence-corrected chi connectivity index (χ1v) is 11.0. The topological polar surface area (TPSA) is 42.6 Å². The Morgan fingerprint density at radius 2 is 1.44 bits per heavy atom. The van der Waals surface area contributed by atoms with Crippen LogP contribution in [0.2, 0.25) is 0 Å². The van der Waals surface area contributed by atoms with Crippen molar-refractivity contribution in [2.24, 2.45) is 0 Å². The van der Waals surface area contributed by atoms with Crippen LogP contribution in [-0.2, 0) is 4.65 Å². The molecule has 1 aromatic heterocycles. The predicted octanol–water partition coefficient (Wildman–Crippen LogP) is 5.95. The van der Waals surface area contributed by atoms with Gasteiger partial charge in [0.25, 0.3) is 0 Å². The van der Waals surface area contributed by atoms with Gasteiger partial charge in [-0.1, -0.05) is 60.7 Å². The van der Waals surface area contributed by atoms with Crippen molar-refractivity contribution in [3.8, 4) is 11.1 Å². The summed E-state index contributed by atoms with van der Waals surface area (Å²) in [7, 11) is 0.381. The molecule has 0 saturated heterocycles. The maximum Gasteiger partial charge on any atom is 0.309 e. The van der Waals surface area contributed by atoms with E-state index in [-0.39, 0.29) is 0 Å². The van der Waals surface area contributed by atoms with E-state index in [9.17, 15) is 5.11 Å². The molecule has 0 aliphatic heterocycles. The minimum absolute atomic E-state index is 0.381. The van der Waals surface area contributed by atoms with Crippen LogP contribution in [0.25, 0.3) is 43.8 Å². The third-order valence-corrected chi connectivity index (χ3v) is 6.66. The first-order chi connectivity index (χ1) is 15.2. The van der Waals surface area contributed by atoms with Gasteiger partial charge in [-0.15, -0.1) is 0 Å². The van der Waals surface area contributed by atoms with Gasteiger partial charge in [0.1, 0.15) is 11.2 Å². The zero-order valence-corrected chi connectivity index (χ0v) is 19.0. The molecule has 0 spiro atoms.